The van der Waals surface area contributed by atoms with Crippen LogP contribution in [0.1, 0.15) is 5.56 Å². The third-order valence-electron chi connectivity index (χ3n) is 2.19. The fourth-order valence-corrected chi connectivity index (χ4v) is 1.50. The van der Waals surface area contributed by atoms with Gasteiger partial charge in [-0.1, -0.05) is 17.7 Å². The van der Waals surface area contributed by atoms with E-state index in [1.165, 1.54) is 0 Å². The first-order valence-corrected chi connectivity index (χ1v) is 5.25. The lowest BCUT2D eigenvalue weighted by molar-refractivity contribution is 1.31. The molecule has 0 radical (unpaired) electrons. The van der Waals surface area contributed by atoms with E-state index in [2.05, 4.69) is 16.4 Å². The highest BCUT2D eigenvalue weighted by atomic mass is 35.5. The summed E-state index contributed by atoms with van der Waals surface area (Å²) < 4.78 is 0. The van der Waals surface area contributed by atoms with Gasteiger partial charge in [0, 0.05) is 11.9 Å². The average Bonchev–Trinajstić information content (AvgIpc) is 2.35. The van der Waals surface area contributed by atoms with Crippen LogP contribution in [0.25, 0.3) is 0 Å². The Morgan fingerprint density at radius 3 is 2.94 bits per heavy atom. The second kappa shape index (κ2) is 4.73. The number of aromatic nitrogens is 1. The topological polar surface area (TPSA) is 74.7 Å². The molecule has 0 atom stereocenters. The van der Waals surface area contributed by atoms with Crippen LogP contribution >= 0.6 is 11.6 Å². The maximum absolute atomic E-state index is 8.79. The van der Waals surface area contributed by atoms with Crippen LogP contribution in [-0.4, -0.2) is 4.98 Å². The van der Waals surface area contributed by atoms with Crippen LogP contribution in [-0.2, 0) is 0 Å². The van der Waals surface area contributed by atoms with Gasteiger partial charge in [0.05, 0.1) is 22.3 Å². The highest BCUT2D eigenvalue weighted by Gasteiger charge is 2.04. The molecule has 0 spiro atoms. The van der Waals surface area contributed by atoms with E-state index in [4.69, 9.17) is 22.6 Å². The van der Waals surface area contributed by atoms with Crippen molar-refractivity contribution in [1.82, 2.24) is 4.98 Å². The van der Waals surface area contributed by atoms with Crippen molar-refractivity contribution in [2.24, 2.45) is 0 Å². The third-order valence-corrected chi connectivity index (χ3v) is 2.52. The van der Waals surface area contributed by atoms with Gasteiger partial charge < -0.3 is 11.1 Å². The number of anilines is 3. The predicted molar refractivity (Wildman–Crippen MR) is 68.1 cm³/mol. The Labute approximate surface area is 104 Å². The van der Waals surface area contributed by atoms with Crippen LogP contribution in [0.4, 0.5) is 17.2 Å². The molecule has 0 fully saturated rings. The van der Waals surface area contributed by atoms with Gasteiger partial charge in [-0.3, -0.25) is 0 Å². The minimum Gasteiger partial charge on any atom is -0.395 e. The Balaban J connectivity index is 2.32. The summed E-state index contributed by atoms with van der Waals surface area (Å²) >= 11 is 5.88. The summed E-state index contributed by atoms with van der Waals surface area (Å²) in [4.78, 5) is 4.09. The lowest BCUT2D eigenvalue weighted by Crippen LogP contribution is -1.99. The number of benzene rings is 1. The molecule has 84 valence electrons. The van der Waals surface area contributed by atoms with E-state index in [-0.39, 0.29) is 0 Å². The van der Waals surface area contributed by atoms with Crippen LogP contribution in [0, 0.1) is 11.3 Å². The minimum atomic E-state index is 0.386. The molecule has 2 aromatic rings. The zero-order chi connectivity index (χ0) is 12.3. The number of rotatable bonds is 2. The zero-order valence-electron chi connectivity index (χ0n) is 8.81. The Morgan fingerprint density at radius 2 is 2.18 bits per heavy atom. The molecule has 0 saturated heterocycles. The molecular weight excluding hydrogens is 236 g/mol. The van der Waals surface area contributed by atoms with E-state index in [1.54, 1.807) is 30.5 Å². The molecule has 0 amide bonds. The molecule has 2 rings (SSSR count). The highest BCUT2D eigenvalue weighted by Crippen LogP contribution is 2.27. The quantitative estimate of drug-likeness (QED) is 0.852. The van der Waals surface area contributed by atoms with Gasteiger partial charge in [-0.05, 0) is 24.3 Å². The summed E-state index contributed by atoms with van der Waals surface area (Å²) in [6.07, 6.45) is 1.56. The van der Waals surface area contributed by atoms with Crippen molar-refractivity contribution in [1.29, 1.82) is 5.26 Å². The maximum atomic E-state index is 8.79. The fraction of sp³-hybridized carbons (Fsp3) is 0. The van der Waals surface area contributed by atoms with E-state index >= 15 is 0 Å². The lowest BCUT2D eigenvalue weighted by Gasteiger charge is -2.08. The number of pyridine rings is 1. The first-order valence-electron chi connectivity index (χ1n) is 4.88. The van der Waals surface area contributed by atoms with Crippen molar-refractivity contribution in [3.63, 3.8) is 0 Å². The van der Waals surface area contributed by atoms with Crippen molar-refractivity contribution >= 4 is 28.8 Å². The molecule has 0 aliphatic carbocycles. The third kappa shape index (κ3) is 2.47. The molecule has 0 aliphatic heterocycles. The van der Waals surface area contributed by atoms with Gasteiger partial charge in [0.1, 0.15) is 0 Å². The standard InChI is InChI=1S/C12H9ClN4/c13-10-4-5-16-12(11(10)15)17-9-3-1-2-8(6-9)7-14/h1-6H,15H2,(H,16,17). The fourth-order valence-electron chi connectivity index (χ4n) is 1.35. The Morgan fingerprint density at radius 1 is 1.35 bits per heavy atom. The number of hydrogen-bond donors (Lipinski definition) is 2. The molecule has 1 aromatic heterocycles. The monoisotopic (exact) mass is 244 g/mol. The first kappa shape index (κ1) is 11.2. The highest BCUT2D eigenvalue weighted by molar-refractivity contribution is 6.33. The van der Waals surface area contributed by atoms with E-state index in [0.717, 1.165) is 5.69 Å². The van der Waals surface area contributed by atoms with Gasteiger partial charge in [0.15, 0.2) is 5.82 Å². The van der Waals surface area contributed by atoms with Gasteiger partial charge >= 0.3 is 0 Å². The smallest absolute Gasteiger partial charge is 0.155 e. The van der Waals surface area contributed by atoms with Gasteiger partial charge in [0.2, 0.25) is 0 Å². The summed E-state index contributed by atoms with van der Waals surface area (Å²) in [6.45, 7) is 0. The van der Waals surface area contributed by atoms with E-state index in [0.29, 0.717) is 22.1 Å². The number of hydrogen-bond acceptors (Lipinski definition) is 4. The van der Waals surface area contributed by atoms with Crippen molar-refractivity contribution in [3.8, 4) is 6.07 Å². The summed E-state index contributed by atoms with van der Waals surface area (Å²) in [7, 11) is 0. The molecule has 1 heterocycles. The van der Waals surface area contributed by atoms with Crippen molar-refractivity contribution < 1.29 is 0 Å². The molecule has 5 heteroatoms. The number of nitrogens with zero attached hydrogens (tertiary/aromatic N) is 2. The number of nitrogens with two attached hydrogens (primary N) is 1. The predicted octanol–water partition coefficient (Wildman–Crippen LogP) is 2.93. The van der Waals surface area contributed by atoms with Crippen LogP contribution in [0.5, 0.6) is 0 Å². The second-order valence-corrected chi connectivity index (χ2v) is 3.78. The SMILES string of the molecule is N#Cc1cccc(Nc2nccc(Cl)c2N)c1. The minimum absolute atomic E-state index is 0.386. The first-order chi connectivity index (χ1) is 8.20. The van der Waals surface area contributed by atoms with Crippen LogP contribution < -0.4 is 11.1 Å². The number of nitrogen functional groups attached to an aromatic ring is 1. The van der Waals surface area contributed by atoms with Crippen LogP contribution in [0.15, 0.2) is 36.5 Å². The molecule has 0 unspecified atom stereocenters. The van der Waals surface area contributed by atoms with E-state index in [9.17, 15) is 0 Å². The van der Waals surface area contributed by atoms with Gasteiger partial charge in [-0.15, -0.1) is 0 Å². The summed E-state index contributed by atoms with van der Waals surface area (Å²) in [5, 5.41) is 12.2. The average molecular weight is 245 g/mol. The van der Waals surface area contributed by atoms with Crippen LogP contribution in [0.3, 0.4) is 0 Å². The second-order valence-electron chi connectivity index (χ2n) is 3.37. The van der Waals surface area contributed by atoms with Gasteiger partial charge in [-0.25, -0.2) is 4.98 Å². The zero-order valence-corrected chi connectivity index (χ0v) is 9.57. The Hall–Kier alpha value is -2.25. The molecule has 0 aliphatic rings. The Kier molecular flexibility index (Phi) is 3.12. The summed E-state index contributed by atoms with van der Waals surface area (Å²) in [5.74, 6) is 0.479. The normalized spacial score (nSPS) is 9.65. The lowest BCUT2D eigenvalue weighted by atomic mass is 10.2. The van der Waals surface area contributed by atoms with E-state index < -0.39 is 0 Å². The molecule has 0 saturated carbocycles. The number of halogens is 1. The summed E-state index contributed by atoms with van der Waals surface area (Å²) in [6, 6.07) is 10.7. The number of nitriles is 1. The molecular formula is C12H9ClN4. The molecule has 4 nitrogen and oxygen atoms in total. The molecule has 3 N–H and O–H groups in total. The van der Waals surface area contributed by atoms with Crippen molar-refractivity contribution in [2.75, 3.05) is 11.1 Å². The van der Waals surface area contributed by atoms with Crippen molar-refractivity contribution in [2.45, 2.75) is 0 Å². The van der Waals surface area contributed by atoms with E-state index in [1.807, 2.05) is 6.07 Å². The van der Waals surface area contributed by atoms with Gasteiger partial charge in [-0.2, -0.15) is 5.26 Å². The molecule has 17 heavy (non-hydrogen) atoms. The van der Waals surface area contributed by atoms with Gasteiger partial charge in [0.25, 0.3) is 0 Å². The Bertz CT molecular complexity index is 589. The molecule has 1 aromatic carbocycles. The largest absolute Gasteiger partial charge is 0.395 e. The number of nitrogens with one attached hydrogen (secondary N) is 1. The van der Waals surface area contributed by atoms with Crippen molar-refractivity contribution in [3.05, 3.63) is 47.1 Å². The summed E-state index contributed by atoms with van der Waals surface area (Å²) in [5.41, 5.74) is 7.47. The molecule has 0 bridgehead atoms. The maximum Gasteiger partial charge on any atom is 0.155 e. The van der Waals surface area contributed by atoms with Crippen LogP contribution in [0.2, 0.25) is 5.02 Å².